The van der Waals surface area contributed by atoms with Crippen molar-refractivity contribution in [3.05, 3.63) is 35.1 Å². The molecule has 0 spiro atoms. The van der Waals surface area contributed by atoms with Gasteiger partial charge in [-0.3, -0.25) is 4.79 Å². The first-order valence-corrected chi connectivity index (χ1v) is 6.19. The van der Waals surface area contributed by atoms with E-state index in [-0.39, 0.29) is 11.8 Å². The Labute approximate surface area is 111 Å². The molecule has 1 saturated heterocycles. The fourth-order valence-electron chi connectivity index (χ4n) is 2.12. The first-order valence-electron chi connectivity index (χ1n) is 6.19. The molecule has 0 aliphatic carbocycles. The molecule has 1 aromatic carbocycles. The fourth-order valence-corrected chi connectivity index (χ4v) is 2.12. The maximum absolute atomic E-state index is 13.1. The molecule has 0 bridgehead atoms. The van der Waals surface area contributed by atoms with Crippen molar-refractivity contribution < 1.29 is 18.7 Å². The summed E-state index contributed by atoms with van der Waals surface area (Å²) in [6.07, 6.45) is 0. The van der Waals surface area contributed by atoms with Gasteiger partial charge in [-0.05, 0) is 24.1 Å². The first kappa shape index (κ1) is 14.0. The van der Waals surface area contributed by atoms with Crippen molar-refractivity contribution in [2.75, 3.05) is 26.9 Å². The van der Waals surface area contributed by atoms with Gasteiger partial charge in [0, 0.05) is 13.1 Å². The van der Waals surface area contributed by atoms with Gasteiger partial charge in [0.15, 0.2) is 0 Å². The molecular formula is C14H18FNO3. The zero-order chi connectivity index (χ0) is 13.9. The summed E-state index contributed by atoms with van der Waals surface area (Å²) in [4.78, 5) is 11.7. The Morgan fingerprint density at radius 1 is 1.53 bits per heavy atom. The highest BCUT2D eigenvalue weighted by molar-refractivity contribution is 5.78. The summed E-state index contributed by atoms with van der Waals surface area (Å²) in [6.45, 7) is 3.58. The van der Waals surface area contributed by atoms with Crippen LogP contribution in [0.15, 0.2) is 18.2 Å². The summed E-state index contributed by atoms with van der Waals surface area (Å²) < 4.78 is 23.0. The number of benzene rings is 1. The Hall–Kier alpha value is -1.46. The summed E-state index contributed by atoms with van der Waals surface area (Å²) in [6, 6.07) is 4.98. The van der Waals surface area contributed by atoms with Crippen LogP contribution in [0.5, 0.6) is 0 Å². The van der Waals surface area contributed by atoms with Crippen LogP contribution in [0.1, 0.15) is 11.1 Å². The van der Waals surface area contributed by atoms with Crippen LogP contribution < -0.4 is 5.32 Å². The summed E-state index contributed by atoms with van der Waals surface area (Å²) in [7, 11) is 1.38. The van der Waals surface area contributed by atoms with Crippen molar-refractivity contribution >= 4 is 5.97 Å². The van der Waals surface area contributed by atoms with Crippen molar-refractivity contribution in [1.29, 1.82) is 0 Å². The lowest BCUT2D eigenvalue weighted by atomic mass is 9.86. The molecule has 1 aromatic rings. The molecular weight excluding hydrogens is 249 g/mol. The summed E-state index contributed by atoms with van der Waals surface area (Å²) in [5.74, 6) is -0.455. The molecule has 0 amide bonds. The minimum atomic E-state index is -0.566. The molecule has 4 nitrogen and oxygen atoms in total. The topological polar surface area (TPSA) is 47.6 Å². The van der Waals surface area contributed by atoms with E-state index >= 15 is 0 Å². The van der Waals surface area contributed by atoms with Crippen LogP contribution in [-0.4, -0.2) is 32.8 Å². The van der Waals surface area contributed by atoms with Crippen molar-refractivity contribution in [1.82, 2.24) is 5.32 Å². The summed E-state index contributed by atoms with van der Waals surface area (Å²) in [5, 5.41) is 3.20. The van der Waals surface area contributed by atoms with Crippen LogP contribution in [0.2, 0.25) is 0 Å². The minimum absolute atomic E-state index is 0.206. The highest BCUT2D eigenvalue weighted by Gasteiger charge is 2.46. The van der Waals surface area contributed by atoms with Gasteiger partial charge >= 0.3 is 5.97 Å². The third-order valence-electron chi connectivity index (χ3n) is 3.39. The number of nitrogens with one attached hydrogen (secondary N) is 1. The van der Waals surface area contributed by atoms with Gasteiger partial charge in [0.1, 0.15) is 11.2 Å². The molecule has 104 valence electrons. The third kappa shape index (κ3) is 2.93. The average Bonchev–Trinajstić information content (AvgIpc) is 2.36. The van der Waals surface area contributed by atoms with Gasteiger partial charge in [-0.15, -0.1) is 0 Å². The van der Waals surface area contributed by atoms with E-state index in [1.54, 1.807) is 19.1 Å². The number of esters is 1. The molecule has 0 aromatic heterocycles. The van der Waals surface area contributed by atoms with Crippen molar-refractivity contribution in [2.24, 2.45) is 5.41 Å². The van der Waals surface area contributed by atoms with Crippen molar-refractivity contribution in [3.8, 4) is 0 Å². The Kier molecular flexibility index (Phi) is 4.17. The molecule has 5 heteroatoms. The Morgan fingerprint density at radius 2 is 2.26 bits per heavy atom. The molecule has 1 aliphatic heterocycles. The number of hydrogen-bond donors (Lipinski definition) is 1. The van der Waals surface area contributed by atoms with E-state index in [1.165, 1.54) is 13.2 Å². The van der Waals surface area contributed by atoms with E-state index < -0.39 is 5.41 Å². The Morgan fingerprint density at radius 3 is 2.79 bits per heavy atom. The highest BCUT2D eigenvalue weighted by atomic mass is 19.1. The molecule has 0 saturated carbocycles. The van der Waals surface area contributed by atoms with Gasteiger partial charge in [0.05, 0.1) is 20.3 Å². The summed E-state index contributed by atoms with van der Waals surface area (Å²) >= 11 is 0. The number of carbonyl (C=O) groups is 1. The lowest BCUT2D eigenvalue weighted by molar-refractivity contribution is -0.182. The van der Waals surface area contributed by atoms with Crippen LogP contribution in [-0.2, 0) is 20.8 Å². The predicted molar refractivity (Wildman–Crippen MR) is 68.1 cm³/mol. The van der Waals surface area contributed by atoms with Crippen molar-refractivity contribution in [2.45, 2.75) is 13.5 Å². The number of aryl methyl sites for hydroxylation is 1. The van der Waals surface area contributed by atoms with Crippen LogP contribution in [0.4, 0.5) is 4.39 Å². The maximum atomic E-state index is 13.1. The molecule has 1 fully saturated rings. The van der Waals surface area contributed by atoms with Gasteiger partial charge in [-0.25, -0.2) is 4.39 Å². The van der Waals surface area contributed by atoms with E-state index in [1.807, 2.05) is 0 Å². The molecule has 2 rings (SSSR count). The van der Waals surface area contributed by atoms with Gasteiger partial charge < -0.3 is 14.8 Å². The largest absolute Gasteiger partial charge is 0.468 e. The number of halogens is 1. The van der Waals surface area contributed by atoms with E-state index in [9.17, 15) is 9.18 Å². The van der Waals surface area contributed by atoms with Gasteiger partial charge in [0.25, 0.3) is 0 Å². The second-order valence-electron chi connectivity index (χ2n) is 4.95. The Bertz CT molecular complexity index is 472. The second-order valence-corrected chi connectivity index (χ2v) is 4.95. The summed E-state index contributed by atoms with van der Waals surface area (Å²) in [5.41, 5.74) is 1.04. The molecule has 0 radical (unpaired) electrons. The second kappa shape index (κ2) is 5.67. The molecule has 0 atom stereocenters. The van der Waals surface area contributed by atoms with Crippen LogP contribution in [0.3, 0.4) is 0 Å². The molecule has 1 N–H and O–H groups in total. The van der Waals surface area contributed by atoms with Crippen LogP contribution >= 0.6 is 0 Å². The van der Waals surface area contributed by atoms with Crippen LogP contribution in [0.25, 0.3) is 0 Å². The predicted octanol–water partition coefficient (Wildman–Crippen LogP) is 1.41. The van der Waals surface area contributed by atoms with E-state index in [4.69, 9.17) is 9.47 Å². The maximum Gasteiger partial charge on any atom is 0.317 e. The zero-order valence-electron chi connectivity index (χ0n) is 11.2. The number of methoxy groups -OCH3 is 1. The Balaban J connectivity index is 1.89. The lowest BCUT2D eigenvalue weighted by Gasteiger charge is -2.38. The highest BCUT2D eigenvalue weighted by Crippen LogP contribution is 2.28. The normalized spacial score (nSPS) is 16.8. The van der Waals surface area contributed by atoms with Crippen molar-refractivity contribution in [3.63, 3.8) is 0 Å². The molecule has 19 heavy (non-hydrogen) atoms. The number of ether oxygens (including phenoxy) is 2. The quantitative estimate of drug-likeness (QED) is 0.820. The molecule has 1 heterocycles. The molecule has 1 aliphatic rings. The monoisotopic (exact) mass is 267 g/mol. The zero-order valence-corrected chi connectivity index (χ0v) is 11.2. The minimum Gasteiger partial charge on any atom is -0.468 e. The number of carbonyl (C=O) groups excluding carboxylic acids is 1. The van der Waals surface area contributed by atoms with Crippen LogP contribution in [0, 0.1) is 18.2 Å². The third-order valence-corrected chi connectivity index (χ3v) is 3.39. The van der Waals surface area contributed by atoms with Gasteiger partial charge in [0.2, 0.25) is 0 Å². The smallest absolute Gasteiger partial charge is 0.317 e. The van der Waals surface area contributed by atoms with E-state index in [0.29, 0.717) is 31.9 Å². The standard InChI is InChI=1S/C14H18FNO3/c1-10-5-11(3-4-12(10)15)6-16-7-14(8-19-9-14)13(17)18-2/h3-5,16H,6-9H2,1-2H3. The number of rotatable bonds is 5. The number of hydrogen-bond acceptors (Lipinski definition) is 4. The van der Waals surface area contributed by atoms with E-state index in [0.717, 1.165) is 5.56 Å². The first-order chi connectivity index (χ1) is 9.07. The van der Waals surface area contributed by atoms with E-state index in [2.05, 4.69) is 5.32 Å². The fraction of sp³-hybridized carbons (Fsp3) is 0.500. The lowest BCUT2D eigenvalue weighted by Crippen LogP contribution is -2.55. The SMILES string of the molecule is COC(=O)C1(CNCc2ccc(F)c(C)c2)COC1. The van der Waals surface area contributed by atoms with Gasteiger partial charge in [-0.1, -0.05) is 12.1 Å². The molecule has 0 unspecified atom stereocenters. The van der Waals surface area contributed by atoms with Gasteiger partial charge in [-0.2, -0.15) is 0 Å². The average molecular weight is 267 g/mol.